The van der Waals surface area contributed by atoms with Crippen molar-refractivity contribution in [1.82, 2.24) is 19.7 Å². The zero-order chi connectivity index (χ0) is 22.9. The van der Waals surface area contributed by atoms with Crippen LogP contribution in [0.25, 0.3) is 16.9 Å². The van der Waals surface area contributed by atoms with E-state index < -0.39 is 17.9 Å². The van der Waals surface area contributed by atoms with Crippen molar-refractivity contribution in [2.75, 3.05) is 13.2 Å². The molecule has 1 aliphatic heterocycles. The first-order valence-corrected chi connectivity index (χ1v) is 10.4. The van der Waals surface area contributed by atoms with E-state index in [2.05, 4.69) is 10.1 Å². The number of rotatable bonds is 6. The minimum atomic E-state index is -0.715. The standard InChI is InChI=1S/C24H20F2N4O3/c25-17-9-18(26)11-19(10-17)30-13-21(23(28-30)16-5-7-27-12-16)24-29(22(32)14-33-24)8-6-15-1-3-20(31)4-2-15/h1-5,7,9-13,24,27,31H,6,8,14H2/t24-/m1/s1. The Kier molecular flexibility index (Phi) is 5.39. The molecule has 9 heteroatoms. The number of hydrogen-bond acceptors (Lipinski definition) is 4. The SMILES string of the molecule is O=C1CO[C@H](c2cn(-c3cc(F)cc(F)c3)nc2-c2cc[nH]c2)N1CCc1ccc(O)cc1. The highest BCUT2D eigenvalue weighted by Crippen LogP contribution is 2.35. The van der Waals surface area contributed by atoms with E-state index in [1.165, 1.54) is 16.8 Å². The number of phenolic OH excluding ortho intramolecular Hbond substituents is 1. The number of carbonyl (C=O) groups is 1. The largest absolute Gasteiger partial charge is 0.508 e. The molecular weight excluding hydrogens is 430 g/mol. The summed E-state index contributed by atoms with van der Waals surface area (Å²) in [5, 5.41) is 14.0. The third kappa shape index (κ3) is 4.22. The van der Waals surface area contributed by atoms with Gasteiger partial charge in [0, 0.05) is 42.3 Å². The Hall–Kier alpha value is -3.98. The smallest absolute Gasteiger partial charge is 0.250 e. The molecule has 5 rings (SSSR count). The number of halogens is 2. The molecule has 2 aromatic heterocycles. The molecule has 0 spiro atoms. The third-order valence-corrected chi connectivity index (χ3v) is 5.54. The molecule has 0 radical (unpaired) electrons. The van der Waals surface area contributed by atoms with E-state index in [-0.39, 0.29) is 24.0 Å². The lowest BCUT2D eigenvalue weighted by Gasteiger charge is -2.23. The number of nitrogens with one attached hydrogen (secondary N) is 1. The normalized spacial score (nSPS) is 16.0. The van der Waals surface area contributed by atoms with Gasteiger partial charge in [-0.2, -0.15) is 5.10 Å². The van der Waals surface area contributed by atoms with Gasteiger partial charge in [0.1, 0.15) is 29.7 Å². The zero-order valence-corrected chi connectivity index (χ0v) is 17.4. The number of aromatic hydroxyl groups is 1. The van der Waals surface area contributed by atoms with E-state index in [1.54, 1.807) is 47.8 Å². The molecule has 3 heterocycles. The van der Waals surface area contributed by atoms with E-state index in [0.717, 1.165) is 17.2 Å². The third-order valence-electron chi connectivity index (χ3n) is 5.54. The fourth-order valence-corrected chi connectivity index (χ4v) is 3.93. The van der Waals surface area contributed by atoms with Crippen LogP contribution in [0.2, 0.25) is 0 Å². The van der Waals surface area contributed by atoms with E-state index in [9.17, 15) is 18.7 Å². The molecule has 1 amide bonds. The highest BCUT2D eigenvalue weighted by Gasteiger charge is 2.36. The molecule has 0 unspecified atom stereocenters. The van der Waals surface area contributed by atoms with Crippen molar-refractivity contribution in [3.8, 4) is 22.7 Å². The Balaban J connectivity index is 1.50. The minimum Gasteiger partial charge on any atom is -0.508 e. The molecule has 0 bridgehead atoms. The van der Waals surface area contributed by atoms with Gasteiger partial charge < -0.3 is 19.7 Å². The van der Waals surface area contributed by atoms with Crippen molar-refractivity contribution in [2.24, 2.45) is 0 Å². The van der Waals surface area contributed by atoms with Crippen LogP contribution in [0.4, 0.5) is 8.78 Å². The van der Waals surface area contributed by atoms with Gasteiger partial charge in [-0.15, -0.1) is 0 Å². The molecule has 1 atom stereocenters. The number of carbonyl (C=O) groups excluding carboxylic acids is 1. The number of ether oxygens (including phenoxy) is 1. The summed E-state index contributed by atoms with van der Waals surface area (Å²) < 4.78 is 34.8. The predicted molar refractivity (Wildman–Crippen MR) is 115 cm³/mol. The average Bonchev–Trinajstić information content (AvgIpc) is 3.52. The minimum absolute atomic E-state index is 0.0768. The quantitative estimate of drug-likeness (QED) is 0.466. The first kappa shape index (κ1) is 20.9. The fourth-order valence-electron chi connectivity index (χ4n) is 3.93. The monoisotopic (exact) mass is 450 g/mol. The summed E-state index contributed by atoms with van der Waals surface area (Å²) in [6.07, 6.45) is 4.98. The van der Waals surface area contributed by atoms with Crippen LogP contribution in [0.3, 0.4) is 0 Å². The number of aromatic nitrogens is 3. The topological polar surface area (TPSA) is 83.4 Å². The second-order valence-electron chi connectivity index (χ2n) is 7.77. The summed E-state index contributed by atoms with van der Waals surface area (Å²) in [6.45, 7) is 0.313. The molecule has 0 aliphatic carbocycles. The summed E-state index contributed by atoms with van der Waals surface area (Å²) in [6, 6.07) is 11.8. The zero-order valence-electron chi connectivity index (χ0n) is 17.4. The van der Waals surface area contributed by atoms with Crippen LogP contribution in [0.5, 0.6) is 5.75 Å². The fraction of sp³-hybridized carbons (Fsp3) is 0.167. The number of phenols is 1. The van der Waals surface area contributed by atoms with Gasteiger partial charge in [0.05, 0.1) is 5.69 Å². The van der Waals surface area contributed by atoms with Crippen LogP contribution >= 0.6 is 0 Å². The Morgan fingerprint density at radius 1 is 1.12 bits per heavy atom. The molecule has 1 saturated heterocycles. The van der Waals surface area contributed by atoms with Crippen LogP contribution < -0.4 is 0 Å². The Morgan fingerprint density at radius 3 is 2.58 bits per heavy atom. The van der Waals surface area contributed by atoms with Gasteiger partial charge in [-0.3, -0.25) is 4.79 Å². The van der Waals surface area contributed by atoms with Crippen molar-refractivity contribution in [3.63, 3.8) is 0 Å². The van der Waals surface area contributed by atoms with Crippen molar-refractivity contribution in [3.05, 3.63) is 89.9 Å². The van der Waals surface area contributed by atoms with E-state index in [1.807, 2.05) is 6.07 Å². The summed E-state index contributed by atoms with van der Waals surface area (Å²) in [5.41, 5.74) is 3.08. The van der Waals surface area contributed by atoms with E-state index in [4.69, 9.17) is 4.74 Å². The number of amides is 1. The molecule has 168 valence electrons. The molecule has 2 N–H and O–H groups in total. The van der Waals surface area contributed by atoms with Gasteiger partial charge in [-0.1, -0.05) is 12.1 Å². The molecule has 7 nitrogen and oxygen atoms in total. The van der Waals surface area contributed by atoms with Crippen LogP contribution in [0.1, 0.15) is 17.4 Å². The maximum atomic E-state index is 13.8. The number of H-pyrrole nitrogens is 1. The molecule has 1 aliphatic rings. The molecule has 4 aromatic rings. The number of aromatic amines is 1. The maximum Gasteiger partial charge on any atom is 0.250 e. The number of benzene rings is 2. The van der Waals surface area contributed by atoms with E-state index >= 15 is 0 Å². The first-order valence-electron chi connectivity index (χ1n) is 10.4. The van der Waals surface area contributed by atoms with Crippen molar-refractivity contribution in [2.45, 2.75) is 12.6 Å². The lowest BCUT2D eigenvalue weighted by atomic mass is 10.1. The molecule has 33 heavy (non-hydrogen) atoms. The Bertz CT molecular complexity index is 1270. The Labute approximate surface area is 187 Å². The second-order valence-corrected chi connectivity index (χ2v) is 7.77. The van der Waals surface area contributed by atoms with Gasteiger partial charge in [-0.25, -0.2) is 13.5 Å². The molecular formula is C24H20F2N4O3. The van der Waals surface area contributed by atoms with Crippen LogP contribution in [-0.2, 0) is 16.0 Å². The number of nitrogens with zero attached hydrogens (tertiary/aromatic N) is 3. The summed E-state index contributed by atoms with van der Waals surface area (Å²) >= 11 is 0. The summed E-state index contributed by atoms with van der Waals surface area (Å²) in [5.74, 6) is -1.42. The molecule has 0 saturated carbocycles. The van der Waals surface area contributed by atoms with E-state index in [0.29, 0.717) is 24.2 Å². The highest BCUT2D eigenvalue weighted by molar-refractivity contribution is 5.80. The lowest BCUT2D eigenvalue weighted by Crippen LogP contribution is -2.30. The van der Waals surface area contributed by atoms with Gasteiger partial charge in [0.2, 0.25) is 0 Å². The summed E-state index contributed by atoms with van der Waals surface area (Å²) in [7, 11) is 0. The van der Waals surface area contributed by atoms with Gasteiger partial charge in [0.25, 0.3) is 5.91 Å². The Morgan fingerprint density at radius 2 is 1.88 bits per heavy atom. The van der Waals surface area contributed by atoms with Crippen LogP contribution in [0, 0.1) is 11.6 Å². The highest BCUT2D eigenvalue weighted by atomic mass is 19.1. The van der Waals surface area contributed by atoms with Gasteiger partial charge in [0.15, 0.2) is 6.23 Å². The molecule has 1 fully saturated rings. The van der Waals surface area contributed by atoms with Gasteiger partial charge >= 0.3 is 0 Å². The average molecular weight is 450 g/mol. The van der Waals surface area contributed by atoms with Crippen LogP contribution in [-0.4, -0.2) is 43.8 Å². The lowest BCUT2D eigenvalue weighted by molar-refractivity contribution is -0.128. The summed E-state index contributed by atoms with van der Waals surface area (Å²) in [4.78, 5) is 17.2. The van der Waals surface area contributed by atoms with Crippen molar-refractivity contribution in [1.29, 1.82) is 0 Å². The van der Waals surface area contributed by atoms with Crippen LogP contribution in [0.15, 0.2) is 67.1 Å². The van der Waals surface area contributed by atoms with Crippen molar-refractivity contribution < 1.29 is 23.4 Å². The number of hydrogen-bond donors (Lipinski definition) is 2. The maximum absolute atomic E-state index is 13.8. The van der Waals surface area contributed by atoms with Gasteiger partial charge in [-0.05, 0) is 42.3 Å². The predicted octanol–water partition coefficient (Wildman–Crippen LogP) is 3.95. The van der Waals surface area contributed by atoms with Crippen molar-refractivity contribution >= 4 is 5.91 Å². The first-order chi connectivity index (χ1) is 16.0. The second kappa shape index (κ2) is 8.51. The molecule has 2 aromatic carbocycles.